The first-order valence-electron chi connectivity index (χ1n) is 9.18. The van der Waals surface area contributed by atoms with E-state index in [0.717, 1.165) is 24.6 Å². The van der Waals surface area contributed by atoms with Crippen LogP contribution in [0, 0.1) is 0 Å². The summed E-state index contributed by atoms with van der Waals surface area (Å²) >= 11 is 5.86. The molecular formula is C19H30ClIN4O2. The van der Waals surface area contributed by atoms with Gasteiger partial charge in [0.2, 0.25) is 5.91 Å². The maximum atomic E-state index is 12.0. The van der Waals surface area contributed by atoms with E-state index in [-0.39, 0.29) is 29.9 Å². The number of carbonyl (C=O) groups excluding carboxylic acids is 1. The first-order valence-corrected chi connectivity index (χ1v) is 9.56. The van der Waals surface area contributed by atoms with Gasteiger partial charge in [0.1, 0.15) is 12.4 Å². The largest absolute Gasteiger partial charge is 0.492 e. The van der Waals surface area contributed by atoms with Gasteiger partial charge >= 0.3 is 0 Å². The van der Waals surface area contributed by atoms with E-state index >= 15 is 0 Å². The van der Waals surface area contributed by atoms with Gasteiger partial charge in [-0.25, -0.2) is 0 Å². The number of ether oxygens (including phenoxy) is 1. The standard InChI is InChI=1S/C19H29ClN4O2.HI/c1-21-19(22-12-11-18(25)23-16-5-3-4-6-16)24(2)13-14-26-17-9-7-15(20)8-10-17;/h7-10,16H,3-6,11-14H2,1-2H3,(H,21,22)(H,23,25);1H. The van der Waals surface area contributed by atoms with Crippen LogP contribution in [0.5, 0.6) is 5.75 Å². The molecule has 1 amide bonds. The Bertz CT molecular complexity index is 592. The highest BCUT2D eigenvalue weighted by molar-refractivity contribution is 14.0. The molecule has 0 atom stereocenters. The van der Waals surface area contributed by atoms with Crippen molar-refractivity contribution in [1.82, 2.24) is 15.5 Å². The third kappa shape index (κ3) is 9.01. The molecule has 0 heterocycles. The number of halogens is 2. The molecule has 1 aromatic carbocycles. The smallest absolute Gasteiger partial charge is 0.221 e. The lowest BCUT2D eigenvalue weighted by Crippen LogP contribution is -2.42. The van der Waals surface area contributed by atoms with Crippen molar-refractivity contribution in [3.8, 4) is 5.75 Å². The van der Waals surface area contributed by atoms with Gasteiger partial charge in [-0.1, -0.05) is 24.4 Å². The number of carbonyl (C=O) groups is 1. The van der Waals surface area contributed by atoms with Crippen LogP contribution in [0.15, 0.2) is 29.3 Å². The third-order valence-corrected chi connectivity index (χ3v) is 4.69. The minimum atomic E-state index is 0. The van der Waals surface area contributed by atoms with E-state index in [1.165, 1.54) is 12.8 Å². The molecule has 152 valence electrons. The van der Waals surface area contributed by atoms with Crippen LogP contribution in [-0.2, 0) is 4.79 Å². The van der Waals surface area contributed by atoms with E-state index in [1.54, 1.807) is 19.2 Å². The van der Waals surface area contributed by atoms with Crippen LogP contribution in [0.3, 0.4) is 0 Å². The highest BCUT2D eigenvalue weighted by Gasteiger charge is 2.16. The topological polar surface area (TPSA) is 66.0 Å². The highest BCUT2D eigenvalue weighted by atomic mass is 127. The van der Waals surface area contributed by atoms with Gasteiger partial charge in [0.05, 0.1) is 6.54 Å². The predicted molar refractivity (Wildman–Crippen MR) is 121 cm³/mol. The number of amides is 1. The molecular weight excluding hydrogens is 479 g/mol. The fraction of sp³-hybridized carbons (Fsp3) is 0.579. The van der Waals surface area contributed by atoms with Crippen molar-refractivity contribution in [2.45, 2.75) is 38.1 Å². The zero-order valence-electron chi connectivity index (χ0n) is 16.0. The summed E-state index contributed by atoms with van der Waals surface area (Å²) in [5, 5.41) is 7.01. The Morgan fingerprint density at radius 3 is 2.59 bits per heavy atom. The Morgan fingerprint density at radius 1 is 1.30 bits per heavy atom. The van der Waals surface area contributed by atoms with E-state index < -0.39 is 0 Å². The first kappa shape index (κ1) is 23.8. The molecule has 27 heavy (non-hydrogen) atoms. The van der Waals surface area contributed by atoms with Gasteiger partial charge in [-0.2, -0.15) is 0 Å². The summed E-state index contributed by atoms with van der Waals surface area (Å²) in [6.07, 6.45) is 5.11. The van der Waals surface area contributed by atoms with Gasteiger partial charge in [0, 0.05) is 38.1 Å². The normalized spacial score (nSPS) is 14.4. The second-order valence-electron chi connectivity index (χ2n) is 6.50. The second-order valence-corrected chi connectivity index (χ2v) is 6.93. The fourth-order valence-electron chi connectivity index (χ4n) is 2.98. The summed E-state index contributed by atoms with van der Waals surface area (Å²) < 4.78 is 5.70. The lowest BCUT2D eigenvalue weighted by Gasteiger charge is -2.22. The molecule has 0 saturated heterocycles. The van der Waals surface area contributed by atoms with E-state index in [4.69, 9.17) is 16.3 Å². The molecule has 0 radical (unpaired) electrons. The monoisotopic (exact) mass is 508 g/mol. The number of benzene rings is 1. The number of likely N-dealkylation sites (N-methyl/N-ethyl adjacent to an activating group) is 1. The van der Waals surface area contributed by atoms with Gasteiger partial charge in [0.15, 0.2) is 5.96 Å². The molecule has 0 bridgehead atoms. The van der Waals surface area contributed by atoms with Gasteiger partial charge in [-0.15, -0.1) is 24.0 Å². The minimum Gasteiger partial charge on any atom is -0.492 e. The Hall–Kier alpha value is -1.22. The van der Waals surface area contributed by atoms with Crippen LogP contribution in [0.4, 0.5) is 0 Å². The molecule has 0 spiro atoms. The van der Waals surface area contributed by atoms with E-state index in [9.17, 15) is 4.79 Å². The summed E-state index contributed by atoms with van der Waals surface area (Å²) in [4.78, 5) is 18.2. The average molecular weight is 509 g/mol. The first-order chi connectivity index (χ1) is 12.6. The number of rotatable bonds is 8. The van der Waals surface area contributed by atoms with Crippen molar-refractivity contribution in [2.24, 2.45) is 4.99 Å². The summed E-state index contributed by atoms with van der Waals surface area (Å²) in [5.74, 6) is 1.64. The Labute approximate surface area is 184 Å². The molecule has 8 heteroatoms. The molecule has 2 N–H and O–H groups in total. The maximum absolute atomic E-state index is 12.0. The molecule has 1 aromatic rings. The summed E-state index contributed by atoms with van der Waals surface area (Å²) in [6.45, 7) is 1.77. The van der Waals surface area contributed by atoms with Crippen molar-refractivity contribution in [3.05, 3.63) is 29.3 Å². The average Bonchev–Trinajstić information content (AvgIpc) is 3.13. The SMILES string of the molecule is CN=C(NCCC(=O)NC1CCCC1)N(C)CCOc1ccc(Cl)cc1.I. The third-order valence-electron chi connectivity index (χ3n) is 4.44. The van der Waals surface area contributed by atoms with Crippen molar-refractivity contribution in [2.75, 3.05) is 33.8 Å². The van der Waals surface area contributed by atoms with Crippen LogP contribution < -0.4 is 15.4 Å². The van der Waals surface area contributed by atoms with Crippen LogP contribution >= 0.6 is 35.6 Å². The Balaban J connectivity index is 0.00000364. The summed E-state index contributed by atoms with van der Waals surface area (Å²) in [7, 11) is 3.68. The summed E-state index contributed by atoms with van der Waals surface area (Å²) in [6, 6.07) is 7.67. The van der Waals surface area contributed by atoms with Gasteiger partial charge in [-0.05, 0) is 37.1 Å². The quantitative estimate of drug-likeness (QED) is 0.321. The lowest BCUT2D eigenvalue weighted by molar-refractivity contribution is -0.121. The summed E-state index contributed by atoms with van der Waals surface area (Å²) in [5.41, 5.74) is 0. The molecule has 0 aliphatic heterocycles. The van der Waals surface area contributed by atoms with Gasteiger partial charge in [-0.3, -0.25) is 9.79 Å². The molecule has 1 fully saturated rings. The zero-order valence-corrected chi connectivity index (χ0v) is 19.1. The number of hydrogen-bond acceptors (Lipinski definition) is 3. The second kappa shape index (κ2) is 13.0. The number of hydrogen-bond donors (Lipinski definition) is 2. The van der Waals surface area contributed by atoms with E-state index in [0.29, 0.717) is 37.2 Å². The highest BCUT2D eigenvalue weighted by Crippen LogP contribution is 2.17. The van der Waals surface area contributed by atoms with Gasteiger partial charge < -0.3 is 20.3 Å². The van der Waals surface area contributed by atoms with Crippen molar-refractivity contribution in [3.63, 3.8) is 0 Å². The molecule has 1 aliphatic rings. The molecule has 0 unspecified atom stereocenters. The zero-order chi connectivity index (χ0) is 18.8. The van der Waals surface area contributed by atoms with Crippen LogP contribution in [0.2, 0.25) is 5.02 Å². The van der Waals surface area contributed by atoms with Crippen LogP contribution in [-0.4, -0.2) is 56.6 Å². The van der Waals surface area contributed by atoms with Crippen molar-refractivity contribution < 1.29 is 9.53 Å². The number of guanidine groups is 1. The molecule has 6 nitrogen and oxygen atoms in total. The Morgan fingerprint density at radius 2 is 1.96 bits per heavy atom. The minimum absolute atomic E-state index is 0. The van der Waals surface area contributed by atoms with E-state index in [1.807, 2.05) is 24.1 Å². The van der Waals surface area contributed by atoms with E-state index in [2.05, 4.69) is 15.6 Å². The molecule has 1 saturated carbocycles. The predicted octanol–water partition coefficient (Wildman–Crippen LogP) is 3.29. The number of aliphatic imine (C=N–C) groups is 1. The number of nitrogens with zero attached hydrogens (tertiary/aromatic N) is 2. The number of nitrogens with one attached hydrogen (secondary N) is 2. The fourth-order valence-corrected chi connectivity index (χ4v) is 3.11. The lowest BCUT2D eigenvalue weighted by atomic mass is 10.2. The molecule has 1 aliphatic carbocycles. The van der Waals surface area contributed by atoms with Crippen LogP contribution in [0.25, 0.3) is 0 Å². The maximum Gasteiger partial charge on any atom is 0.221 e. The van der Waals surface area contributed by atoms with Crippen LogP contribution in [0.1, 0.15) is 32.1 Å². The Kier molecular flexibility index (Phi) is 11.5. The van der Waals surface area contributed by atoms with Gasteiger partial charge in [0.25, 0.3) is 0 Å². The molecule has 2 rings (SSSR count). The molecule has 0 aromatic heterocycles. The van der Waals surface area contributed by atoms with Crippen molar-refractivity contribution in [1.29, 1.82) is 0 Å². The van der Waals surface area contributed by atoms with Crippen molar-refractivity contribution >= 4 is 47.4 Å².